The zero-order chi connectivity index (χ0) is 17.1. The van der Waals surface area contributed by atoms with Gasteiger partial charge in [0.25, 0.3) is 0 Å². The smallest absolute Gasteiger partial charge is 0.220 e. The fraction of sp³-hybridized carbons (Fsp3) is 0.556. The van der Waals surface area contributed by atoms with Crippen LogP contribution in [0.3, 0.4) is 0 Å². The number of unbranched alkanes of at least 4 members (excludes halogenated alkanes) is 3. The van der Waals surface area contributed by atoms with E-state index in [-0.39, 0.29) is 24.5 Å². The van der Waals surface area contributed by atoms with Gasteiger partial charge in [-0.3, -0.25) is 9.59 Å². The number of Topliss-reactive ketones (excluding diaryl/α,β-unsaturated/α-hetero) is 1. The fourth-order valence-electron chi connectivity index (χ4n) is 2.34. The Kier molecular flexibility index (Phi) is 8.98. The van der Waals surface area contributed by atoms with Gasteiger partial charge in [-0.15, -0.1) is 0 Å². The summed E-state index contributed by atoms with van der Waals surface area (Å²) in [7, 11) is 1.54. The number of hydrogen-bond acceptors (Lipinski definition) is 4. The van der Waals surface area contributed by atoms with E-state index in [0.717, 1.165) is 37.8 Å². The van der Waals surface area contributed by atoms with Gasteiger partial charge in [-0.2, -0.15) is 0 Å². The highest BCUT2D eigenvalue weighted by molar-refractivity contribution is 6.00. The first-order valence-corrected chi connectivity index (χ1v) is 8.23. The third-order valence-corrected chi connectivity index (χ3v) is 3.69. The van der Waals surface area contributed by atoms with E-state index in [1.165, 1.54) is 0 Å². The van der Waals surface area contributed by atoms with Gasteiger partial charge in [0.05, 0.1) is 12.7 Å². The Morgan fingerprint density at radius 1 is 1.13 bits per heavy atom. The highest BCUT2D eigenvalue weighted by Gasteiger charge is 2.14. The van der Waals surface area contributed by atoms with Gasteiger partial charge in [0.1, 0.15) is 5.75 Å². The van der Waals surface area contributed by atoms with Crippen LogP contribution in [0.15, 0.2) is 18.2 Å². The lowest BCUT2D eigenvalue weighted by molar-refractivity contribution is -0.121. The molecule has 23 heavy (non-hydrogen) atoms. The molecule has 1 amide bonds. The van der Waals surface area contributed by atoms with Crippen LogP contribution >= 0.6 is 0 Å². The van der Waals surface area contributed by atoms with Crippen molar-refractivity contribution in [3.05, 3.63) is 29.3 Å². The lowest BCUT2D eigenvalue weighted by Gasteiger charge is -2.09. The van der Waals surface area contributed by atoms with Crippen LogP contribution in [0.5, 0.6) is 5.75 Å². The molecule has 1 rings (SSSR count). The number of ketones is 1. The van der Waals surface area contributed by atoms with Crippen molar-refractivity contribution in [3.63, 3.8) is 0 Å². The monoisotopic (exact) mass is 320 g/mol. The number of nitrogens with two attached hydrogens (primary N) is 1. The number of carbonyl (C=O) groups excluding carboxylic acids is 2. The third-order valence-electron chi connectivity index (χ3n) is 3.69. The average molecular weight is 320 g/mol. The number of methoxy groups -OCH3 is 1. The summed E-state index contributed by atoms with van der Waals surface area (Å²) in [6.45, 7) is 3.30. The minimum atomic E-state index is -0.0798. The molecule has 0 saturated carbocycles. The number of aryl methyl sites for hydroxylation is 1. The summed E-state index contributed by atoms with van der Waals surface area (Å²) >= 11 is 0. The summed E-state index contributed by atoms with van der Waals surface area (Å²) in [5.74, 6) is 0.411. The minimum Gasteiger partial charge on any atom is -0.496 e. The molecule has 0 atom stereocenters. The molecule has 0 heterocycles. The number of rotatable bonds is 11. The van der Waals surface area contributed by atoms with Crippen LogP contribution in [0, 0.1) is 6.92 Å². The number of hydrogen-bond donors (Lipinski definition) is 2. The molecule has 0 unspecified atom stereocenters. The Labute approximate surface area is 138 Å². The zero-order valence-electron chi connectivity index (χ0n) is 14.2. The van der Waals surface area contributed by atoms with E-state index < -0.39 is 0 Å². The molecule has 0 saturated heterocycles. The van der Waals surface area contributed by atoms with Crippen LogP contribution in [0.1, 0.15) is 54.4 Å². The van der Waals surface area contributed by atoms with Crippen LogP contribution in [-0.4, -0.2) is 31.9 Å². The van der Waals surface area contributed by atoms with E-state index >= 15 is 0 Å². The Morgan fingerprint density at radius 2 is 1.87 bits per heavy atom. The molecule has 0 aromatic heterocycles. The van der Waals surface area contributed by atoms with Crippen molar-refractivity contribution in [2.75, 3.05) is 20.2 Å². The van der Waals surface area contributed by atoms with Crippen molar-refractivity contribution in [2.45, 2.75) is 45.4 Å². The molecule has 3 N–H and O–H groups in total. The lowest BCUT2D eigenvalue weighted by atomic mass is 10.0. The van der Waals surface area contributed by atoms with E-state index in [1.807, 2.05) is 13.0 Å². The van der Waals surface area contributed by atoms with Gasteiger partial charge in [-0.1, -0.05) is 24.5 Å². The predicted octanol–water partition coefficient (Wildman–Crippen LogP) is 2.60. The van der Waals surface area contributed by atoms with E-state index in [2.05, 4.69) is 5.32 Å². The quantitative estimate of drug-likeness (QED) is 0.485. The molecular weight excluding hydrogens is 292 g/mol. The highest BCUT2D eigenvalue weighted by Crippen LogP contribution is 2.21. The molecule has 5 nitrogen and oxygen atoms in total. The number of carbonyl (C=O) groups is 2. The summed E-state index contributed by atoms with van der Waals surface area (Å²) < 4.78 is 5.21. The molecule has 0 aliphatic rings. The normalized spacial score (nSPS) is 10.4. The Morgan fingerprint density at radius 3 is 2.57 bits per heavy atom. The topological polar surface area (TPSA) is 81.4 Å². The largest absolute Gasteiger partial charge is 0.496 e. The SMILES string of the molecule is COc1ccc(C)cc1C(=O)CCC(=O)NCCCCCCN. The summed E-state index contributed by atoms with van der Waals surface area (Å²) in [5, 5.41) is 2.85. The van der Waals surface area contributed by atoms with E-state index in [1.54, 1.807) is 19.2 Å². The van der Waals surface area contributed by atoms with E-state index in [0.29, 0.717) is 17.9 Å². The summed E-state index contributed by atoms with van der Waals surface area (Å²) in [6.07, 6.45) is 4.54. The predicted molar refractivity (Wildman–Crippen MR) is 91.8 cm³/mol. The number of ether oxygens (including phenoxy) is 1. The number of nitrogens with one attached hydrogen (secondary N) is 1. The van der Waals surface area contributed by atoms with Crippen LogP contribution in [0.25, 0.3) is 0 Å². The van der Waals surface area contributed by atoms with Crippen molar-refractivity contribution < 1.29 is 14.3 Å². The maximum Gasteiger partial charge on any atom is 0.220 e. The van der Waals surface area contributed by atoms with Gasteiger partial charge >= 0.3 is 0 Å². The van der Waals surface area contributed by atoms with Gasteiger partial charge in [-0.05, 0) is 38.4 Å². The molecule has 0 fully saturated rings. The fourth-order valence-corrected chi connectivity index (χ4v) is 2.34. The van der Waals surface area contributed by atoms with Gasteiger partial charge in [0, 0.05) is 19.4 Å². The zero-order valence-corrected chi connectivity index (χ0v) is 14.2. The molecule has 0 spiro atoms. The second kappa shape index (κ2) is 10.8. The van der Waals surface area contributed by atoms with Crippen LogP contribution < -0.4 is 15.8 Å². The summed E-state index contributed by atoms with van der Waals surface area (Å²) in [4.78, 5) is 24.0. The van der Waals surface area contributed by atoms with Gasteiger partial charge in [-0.25, -0.2) is 0 Å². The van der Waals surface area contributed by atoms with Crippen molar-refractivity contribution in [1.29, 1.82) is 0 Å². The number of benzene rings is 1. The lowest BCUT2D eigenvalue weighted by Crippen LogP contribution is -2.24. The molecule has 0 aliphatic carbocycles. The first kappa shape index (κ1) is 19.2. The average Bonchev–Trinajstić information content (AvgIpc) is 2.55. The van der Waals surface area contributed by atoms with E-state index in [9.17, 15) is 9.59 Å². The molecule has 128 valence electrons. The van der Waals surface area contributed by atoms with Crippen LogP contribution in [0.4, 0.5) is 0 Å². The molecule has 0 radical (unpaired) electrons. The van der Waals surface area contributed by atoms with Gasteiger partial charge in [0.15, 0.2) is 5.78 Å². The van der Waals surface area contributed by atoms with Crippen molar-refractivity contribution >= 4 is 11.7 Å². The summed E-state index contributed by atoms with van der Waals surface area (Å²) in [6, 6.07) is 5.48. The van der Waals surface area contributed by atoms with Crippen LogP contribution in [0.2, 0.25) is 0 Å². The van der Waals surface area contributed by atoms with Crippen molar-refractivity contribution in [1.82, 2.24) is 5.32 Å². The third kappa shape index (κ3) is 7.28. The molecular formula is C18H28N2O3. The maximum atomic E-state index is 12.3. The first-order valence-electron chi connectivity index (χ1n) is 8.23. The Balaban J connectivity index is 2.33. The molecule has 0 aliphatic heterocycles. The second-order valence-electron chi connectivity index (χ2n) is 5.68. The van der Waals surface area contributed by atoms with Crippen molar-refractivity contribution in [2.24, 2.45) is 5.73 Å². The highest BCUT2D eigenvalue weighted by atomic mass is 16.5. The molecule has 1 aromatic carbocycles. The Hall–Kier alpha value is -1.88. The number of amides is 1. The van der Waals surface area contributed by atoms with Crippen molar-refractivity contribution in [3.8, 4) is 5.75 Å². The minimum absolute atomic E-state index is 0.0661. The van der Waals surface area contributed by atoms with Gasteiger partial charge < -0.3 is 15.8 Å². The molecule has 1 aromatic rings. The summed E-state index contributed by atoms with van der Waals surface area (Å²) in [5.41, 5.74) is 6.97. The van der Waals surface area contributed by atoms with E-state index in [4.69, 9.17) is 10.5 Å². The first-order chi connectivity index (χ1) is 11.1. The molecule has 0 bridgehead atoms. The standard InChI is InChI=1S/C18H28N2O3/c1-14-7-9-17(23-2)15(13-14)16(21)8-10-18(22)20-12-6-4-3-5-11-19/h7,9,13H,3-6,8,10-12,19H2,1-2H3,(H,20,22). The Bertz CT molecular complexity index is 515. The maximum absolute atomic E-state index is 12.3. The molecule has 5 heteroatoms. The second-order valence-corrected chi connectivity index (χ2v) is 5.68. The van der Waals surface area contributed by atoms with Crippen LogP contribution in [-0.2, 0) is 4.79 Å². The van der Waals surface area contributed by atoms with Gasteiger partial charge in [0.2, 0.25) is 5.91 Å².